The number of aromatic nitrogens is 1. The van der Waals surface area contributed by atoms with Crippen molar-refractivity contribution in [3.8, 4) is 5.75 Å². The first-order valence-corrected chi connectivity index (χ1v) is 7.60. The predicted molar refractivity (Wildman–Crippen MR) is 88.9 cm³/mol. The summed E-state index contributed by atoms with van der Waals surface area (Å²) < 4.78 is 11.9. The van der Waals surface area contributed by atoms with Gasteiger partial charge in [0.2, 0.25) is 0 Å². The minimum Gasteiger partial charge on any atom is -0.494 e. The van der Waals surface area contributed by atoms with Crippen molar-refractivity contribution < 1.29 is 19.2 Å². The number of nitrogens with zero attached hydrogens (tertiary/aromatic N) is 2. The molecule has 0 bridgehead atoms. The molecule has 0 aliphatic carbocycles. The normalized spacial score (nSPS) is 10.5. The van der Waals surface area contributed by atoms with E-state index < -0.39 is 10.9 Å². The largest absolute Gasteiger partial charge is 0.494 e. The Bertz CT molecular complexity index is 785. The molecular weight excluding hydrogens is 336 g/mol. The van der Waals surface area contributed by atoms with Crippen molar-refractivity contribution in [2.75, 3.05) is 13.7 Å². The minimum absolute atomic E-state index is 0.0699. The fraction of sp³-hybridized carbons (Fsp3) is 0.312. The molecule has 128 valence electrons. The van der Waals surface area contributed by atoms with Gasteiger partial charge in [-0.05, 0) is 26.0 Å². The van der Waals surface area contributed by atoms with Crippen LogP contribution in [0.3, 0.4) is 0 Å². The predicted octanol–water partition coefficient (Wildman–Crippen LogP) is 3.59. The Hall–Kier alpha value is -2.54. The molecule has 0 N–H and O–H groups in total. The molecule has 8 heteroatoms. The Balaban J connectivity index is 2.53. The van der Waals surface area contributed by atoms with Crippen LogP contribution in [-0.4, -0.2) is 29.2 Å². The summed E-state index contributed by atoms with van der Waals surface area (Å²) in [6.07, 6.45) is 1.69. The molecule has 0 spiro atoms. The first kappa shape index (κ1) is 17.8. The van der Waals surface area contributed by atoms with Crippen LogP contribution in [0, 0.1) is 17.0 Å². The molecule has 7 nitrogen and oxygen atoms in total. The van der Waals surface area contributed by atoms with Gasteiger partial charge in [-0.25, -0.2) is 4.79 Å². The Morgan fingerprint density at radius 1 is 1.42 bits per heavy atom. The maximum absolute atomic E-state index is 12.3. The van der Waals surface area contributed by atoms with Crippen LogP contribution in [0.1, 0.15) is 28.5 Å². The van der Waals surface area contributed by atoms with Gasteiger partial charge in [0.05, 0.1) is 30.7 Å². The molecule has 1 aromatic carbocycles. The third kappa shape index (κ3) is 3.51. The number of nitro groups is 1. The van der Waals surface area contributed by atoms with Crippen molar-refractivity contribution in [3.63, 3.8) is 0 Å². The number of ether oxygens (including phenoxy) is 2. The van der Waals surface area contributed by atoms with Crippen LogP contribution in [0.5, 0.6) is 5.75 Å². The lowest BCUT2D eigenvalue weighted by Gasteiger charge is -2.11. The third-order valence-corrected chi connectivity index (χ3v) is 3.70. The van der Waals surface area contributed by atoms with Crippen molar-refractivity contribution in [3.05, 3.63) is 56.4 Å². The summed E-state index contributed by atoms with van der Waals surface area (Å²) in [5.41, 5.74) is 1.26. The number of carbonyl (C=O) groups excluding carboxylic acids is 1. The highest BCUT2D eigenvalue weighted by atomic mass is 35.5. The first-order chi connectivity index (χ1) is 11.4. The fourth-order valence-electron chi connectivity index (χ4n) is 2.51. The van der Waals surface area contributed by atoms with Gasteiger partial charge in [0.1, 0.15) is 0 Å². The highest BCUT2D eigenvalue weighted by molar-refractivity contribution is 6.30. The van der Waals surface area contributed by atoms with E-state index in [1.54, 1.807) is 24.6 Å². The zero-order chi connectivity index (χ0) is 17.9. The summed E-state index contributed by atoms with van der Waals surface area (Å²) in [5.74, 6) is -0.162. The summed E-state index contributed by atoms with van der Waals surface area (Å²) in [6.45, 7) is 3.79. The fourth-order valence-corrected chi connectivity index (χ4v) is 2.70. The van der Waals surface area contributed by atoms with Gasteiger partial charge in [-0.15, -0.1) is 0 Å². The van der Waals surface area contributed by atoms with E-state index in [4.69, 9.17) is 21.1 Å². The molecule has 0 amide bonds. The number of nitro benzene ring substituents is 1. The van der Waals surface area contributed by atoms with Crippen LogP contribution in [0.2, 0.25) is 5.02 Å². The lowest BCUT2D eigenvalue weighted by atomic mass is 10.1. The number of carbonyl (C=O) groups is 1. The van der Waals surface area contributed by atoms with Crippen LogP contribution in [-0.2, 0) is 11.3 Å². The lowest BCUT2D eigenvalue weighted by molar-refractivity contribution is -0.385. The number of hydrogen-bond donors (Lipinski definition) is 0. The summed E-state index contributed by atoms with van der Waals surface area (Å²) in [4.78, 5) is 23.0. The molecule has 0 fully saturated rings. The molecular formula is C16H17ClN2O5. The topological polar surface area (TPSA) is 83.6 Å². The summed E-state index contributed by atoms with van der Waals surface area (Å²) in [6, 6.07) is 4.31. The zero-order valence-corrected chi connectivity index (χ0v) is 14.3. The molecule has 0 saturated heterocycles. The number of halogens is 1. The monoisotopic (exact) mass is 352 g/mol. The second-order valence-corrected chi connectivity index (χ2v) is 5.51. The molecule has 0 aliphatic heterocycles. The van der Waals surface area contributed by atoms with Gasteiger partial charge < -0.3 is 14.0 Å². The zero-order valence-electron chi connectivity index (χ0n) is 13.5. The highest BCUT2D eigenvalue weighted by Crippen LogP contribution is 2.30. The molecule has 0 saturated carbocycles. The minimum atomic E-state index is -0.549. The van der Waals surface area contributed by atoms with Gasteiger partial charge in [0.15, 0.2) is 11.4 Å². The maximum atomic E-state index is 12.3. The Morgan fingerprint density at radius 3 is 2.71 bits per heavy atom. The van der Waals surface area contributed by atoms with Gasteiger partial charge >= 0.3 is 5.97 Å². The van der Waals surface area contributed by atoms with E-state index >= 15 is 0 Å². The van der Waals surface area contributed by atoms with Crippen LogP contribution in [0.15, 0.2) is 24.4 Å². The van der Waals surface area contributed by atoms with Gasteiger partial charge in [-0.1, -0.05) is 11.6 Å². The van der Waals surface area contributed by atoms with E-state index in [1.165, 1.54) is 25.3 Å². The molecule has 0 radical (unpaired) electrons. The Kier molecular flexibility index (Phi) is 5.46. The number of rotatable bonds is 6. The molecule has 0 aliphatic rings. The van der Waals surface area contributed by atoms with Crippen LogP contribution < -0.4 is 4.74 Å². The highest BCUT2D eigenvalue weighted by Gasteiger charge is 2.24. The van der Waals surface area contributed by atoms with Crippen LogP contribution >= 0.6 is 11.6 Å². The number of esters is 1. The van der Waals surface area contributed by atoms with Crippen molar-refractivity contribution in [2.24, 2.45) is 0 Å². The van der Waals surface area contributed by atoms with Gasteiger partial charge in [-0.2, -0.15) is 0 Å². The molecule has 0 unspecified atom stereocenters. The summed E-state index contributed by atoms with van der Waals surface area (Å²) in [5, 5.41) is 11.6. The van der Waals surface area contributed by atoms with Crippen molar-refractivity contribution in [1.29, 1.82) is 0 Å². The standard InChI is InChI=1S/C16H17ClN2O5/c1-4-24-16(20)14-15(23-3)10(2)8-18(14)9-11-7-12(17)5-6-13(11)19(21)22/h5-8H,4,9H2,1-3H3. The summed E-state index contributed by atoms with van der Waals surface area (Å²) >= 11 is 5.96. The molecule has 2 rings (SSSR count). The van der Waals surface area contributed by atoms with Crippen molar-refractivity contribution >= 4 is 23.3 Å². The van der Waals surface area contributed by atoms with E-state index in [-0.39, 0.29) is 24.5 Å². The SMILES string of the molecule is CCOC(=O)c1c(OC)c(C)cn1Cc1cc(Cl)ccc1[N+](=O)[O-]. The quantitative estimate of drug-likeness (QED) is 0.450. The van der Waals surface area contributed by atoms with Gasteiger partial charge in [-0.3, -0.25) is 10.1 Å². The first-order valence-electron chi connectivity index (χ1n) is 7.22. The smallest absolute Gasteiger partial charge is 0.358 e. The van der Waals surface area contributed by atoms with Crippen molar-refractivity contribution in [1.82, 2.24) is 4.57 Å². The van der Waals surface area contributed by atoms with Crippen LogP contribution in [0.4, 0.5) is 5.69 Å². The van der Waals surface area contributed by atoms with Gasteiger partial charge in [0.25, 0.3) is 5.69 Å². The molecule has 24 heavy (non-hydrogen) atoms. The van der Waals surface area contributed by atoms with E-state index in [2.05, 4.69) is 0 Å². The van der Waals surface area contributed by atoms with E-state index in [9.17, 15) is 14.9 Å². The third-order valence-electron chi connectivity index (χ3n) is 3.46. The van der Waals surface area contributed by atoms with Crippen molar-refractivity contribution in [2.45, 2.75) is 20.4 Å². The maximum Gasteiger partial charge on any atom is 0.358 e. The molecule has 1 aromatic heterocycles. The second-order valence-electron chi connectivity index (χ2n) is 5.07. The lowest BCUT2D eigenvalue weighted by Crippen LogP contribution is -2.14. The average Bonchev–Trinajstić information content (AvgIpc) is 2.82. The summed E-state index contributed by atoms with van der Waals surface area (Å²) in [7, 11) is 1.46. The number of hydrogen-bond acceptors (Lipinski definition) is 5. The second kappa shape index (κ2) is 7.35. The number of methoxy groups -OCH3 is 1. The number of benzene rings is 1. The van der Waals surface area contributed by atoms with Crippen LogP contribution in [0.25, 0.3) is 0 Å². The van der Waals surface area contributed by atoms with E-state index in [1.807, 2.05) is 0 Å². The molecule has 0 atom stereocenters. The Morgan fingerprint density at radius 2 is 2.12 bits per heavy atom. The molecule has 1 heterocycles. The van der Waals surface area contributed by atoms with E-state index in [0.29, 0.717) is 16.3 Å². The average molecular weight is 353 g/mol. The Labute approximate surface area is 143 Å². The van der Waals surface area contributed by atoms with Gasteiger partial charge in [0, 0.05) is 22.8 Å². The van der Waals surface area contributed by atoms with E-state index in [0.717, 1.165) is 5.56 Å². The molecule has 2 aromatic rings. The number of aryl methyl sites for hydroxylation is 1.